The van der Waals surface area contributed by atoms with Gasteiger partial charge >= 0.3 is 0 Å². The van der Waals surface area contributed by atoms with Crippen molar-refractivity contribution in [1.29, 1.82) is 0 Å². The zero-order valence-corrected chi connectivity index (χ0v) is 13.8. The summed E-state index contributed by atoms with van der Waals surface area (Å²) in [7, 11) is 0. The second-order valence-electron chi connectivity index (χ2n) is 5.40. The Morgan fingerprint density at radius 3 is 2.88 bits per heavy atom. The van der Waals surface area contributed by atoms with E-state index < -0.39 is 5.91 Å². The number of H-pyrrole nitrogens is 1. The van der Waals surface area contributed by atoms with Gasteiger partial charge in [0, 0.05) is 16.8 Å². The number of carbonyl (C=O) groups excluding carboxylic acids is 1. The minimum atomic E-state index is -0.538. The number of amides is 1. The van der Waals surface area contributed by atoms with Crippen molar-refractivity contribution in [1.82, 2.24) is 19.4 Å². The molecule has 120 valence electrons. The summed E-state index contributed by atoms with van der Waals surface area (Å²) in [6, 6.07) is 7.43. The first-order valence-electron chi connectivity index (χ1n) is 7.28. The van der Waals surface area contributed by atoms with Gasteiger partial charge < -0.3 is 4.98 Å². The van der Waals surface area contributed by atoms with E-state index in [9.17, 15) is 9.59 Å². The number of nitrogens with zero attached hydrogens (tertiary/aromatic N) is 3. The van der Waals surface area contributed by atoms with Crippen LogP contribution in [-0.2, 0) is 0 Å². The normalized spacial score (nSPS) is 11.2. The molecule has 2 N–H and O–H groups in total. The summed E-state index contributed by atoms with van der Waals surface area (Å²) in [6.45, 7) is 3.76. The number of fused-ring (bicyclic) bond motifs is 2. The molecule has 0 saturated carbocycles. The van der Waals surface area contributed by atoms with Crippen LogP contribution < -0.4 is 10.9 Å². The van der Waals surface area contributed by atoms with E-state index >= 15 is 0 Å². The molecule has 0 saturated heterocycles. The highest BCUT2D eigenvalue weighted by Gasteiger charge is 2.17. The maximum Gasteiger partial charge on any atom is 0.271 e. The van der Waals surface area contributed by atoms with Crippen molar-refractivity contribution in [2.24, 2.45) is 0 Å². The summed E-state index contributed by atoms with van der Waals surface area (Å²) in [5, 5.41) is 2.62. The number of hydrogen-bond acceptors (Lipinski definition) is 5. The zero-order chi connectivity index (χ0) is 16.8. The molecule has 0 aliphatic rings. The molecule has 0 fully saturated rings. The molecular weight excluding hydrogens is 326 g/mol. The van der Waals surface area contributed by atoms with E-state index in [1.165, 1.54) is 21.9 Å². The number of aromatic amines is 1. The molecule has 3 heterocycles. The molecule has 8 heteroatoms. The third kappa shape index (κ3) is 2.19. The van der Waals surface area contributed by atoms with Crippen LogP contribution in [0.3, 0.4) is 0 Å². The number of rotatable bonds is 2. The molecule has 24 heavy (non-hydrogen) atoms. The monoisotopic (exact) mass is 339 g/mol. The van der Waals surface area contributed by atoms with Crippen LogP contribution in [0.15, 0.2) is 35.3 Å². The van der Waals surface area contributed by atoms with E-state index in [4.69, 9.17) is 0 Å². The van der Waals surface area contributed by atoms with Gasteiger partial charge in [0.05, 0.1) is 11.0 Å². The third-order valence-electron chi connectivity index (χ3n) is 3.88. The van der Waals surface area contributed by atoms with E-state index in [0.29, 0.717) is 10.9 Å². The van der Waals surface area contributed by atoms with Gasteiger partial charge in [-0.3, -0.25) is 19.3 Å². The van der Waals surface area contributed by atoms with Crippen LogP contribution in [0.2, 0.25) is 0 Å². The van der Waals surface area contributed by atoms with Gasteiger partial charge in [0.25, 0.3) is 11.5 Å². The lowest BCUT2D eigenvalue weighted by atomic mass is 10.3. The quantitative estimate of drug-likeness (QED) is 0.587. The number of aromatic nitrogens is 4. The Morgan fingerprint density at radius 2 is 2.08 bits per heavy atom. The SMILES string of the molecule is Cc1sc2ncc(C(=O)Nc3nc4ccccc4[nH]3)c(=O)n2c1C. The Hall–Kier alpha value is -3.00. The second kappa shape index (κ2) is 5.27. The van der Waals surface area contributed by atoms with Crippen molar-refractivity contribution in [2.75, 3.05) is 5.32 Å². The summed E-state index contributed by atoms with van der Waals surface area (Å²) in [4.78, 5) is 38.1. The van der Waals surface area contributed by atoms with Gasteiger partial charge in [0.2, 0.25) is 5.95 Å². The van der Waals surface area contributed by atoms with Crippen molar-refractivity contribution >= 4 is 39.2 Å². The first-order chi connectivity index (χ1) is 11.5. The Kier molecular flexibility index (Phi) is 3.20. The van der Waals surface area contributed by atoms with Crippen LogP contribution in [0.5, 0.6) is 0 Å². The fourth-order valence-corrected chi connectivity index (χ4v) is 3.45. The van der Waals surface area contributed by atoms with Gasteiger partial charge in [0.1, 0.15) is 5.56 Å². The fourth-order valence-electron chi connectivity index (χ4n) is 2.52. The number of para-hydroxylation sites is 2. The molecule has 0 radical (unpaired) electrons. The Morgan fingerprint density at radius 1 is 1.29 bits per heavy atom. The molecule has 7 nitrogen and oxygen atoms in total. The number of aryl methyl sites for hydroxylation is 2. The van der Waals surface area contributed by atoms with Crippen LogP contribution in [0.1, 0.15) is 20.9 Å². The fraction of sp³-hybridized carbons (Fsp3) is 0.125. The predicted octanol–water partition coefficient (Wildman–Crippen LogP) is 2.50. The minimum absolute atomic E-state index is 0.0196. The van der Waals surface area contributed by atoms with Crippen molar-refractivity contribution in [3.63, 3.8) is 0 Å². The van der Waals surface area contributed by atoms with Crippen molar-refractivity contribution in [3.05, 3.63) is 57.0 Å². The molecule has 0 unspecified atom stereocenters. The Labute approximate surface area is 140 Å². The van der Waals surface area contributed by atoms with Gasteiger partial charge in [-0.15, -0.1) is 11.3 Å². The predicted molar refractivity (Wildman–Crippen MR) is 92.9 cm³/mol. The van der Waals surface area contributed by atoms with Crippen LogP contribution in [0.4, 0.5) is 5.95 Å². The smallest absolute Gasteiger partial charge is 0.271 e. The lowest BCUT2D eigenvalue weighted by Gasteiger charge is -2.02. The average molecular weight is 339 g/mol. The third-order valence-corrected chi connectivity index (χ3v) is 4.96. The van der Waals surface area contributed by atoms with Crippen molar-refractivity contribution in [3.8, 4) is 0 Å². The first kappa shape index (κ1) is 14.6. The maximum atomic E-state index is 12.6. The summed E-state index contributed by atoms with van der Waals surface area (Å²) < 4.78 is 1.47. The zero-order valence-electron chi connectivity index (χ0n) is 13.0. The highest BCUT2D eigenvalue weighted by atomic mass is 32.1. The van der Waals surface area contributed by atoms with Gasteiger partial charge in [-0.05, 0) is 26.0 Å². The van der Waals surface area contributed by atoms with Gasteiger partial charge in [-0.2, -0.15) is 0 Å². The minimum Gasteiger partial charge on any atom is -0.324 e. The second-order valence-corrected chi connectivity index (χ2v) is 6.58. The summed E-state index contributed by atoms with van der Waals surface area (Å²) >= 11 is 1.42. The molecule has 0 bridgehead atoms. The van der Waals surface area contributed by atoms with Gasteiger partial charge in [-0.25, -0.2) is 9.97 Å². The molecule has 3 aromatic heterocycles. The number of hydrogen-bond donors (Lipinski definition) is 2. The molecule has 0 spiro atoms. The van der Waals surface area contributed by atoms with Crippen LogP contribution >= 0.6 is 11.3 Å². The number of imidazole rings is 1. The molecule has 1 amide bonds. The van der Waals surface area contributed by atoms with E-state index in [1.807, 2.05) is 38.1 Å². The lowest BCUT2D eigenvalue weighted by Crippen LogP contribution is -2.27. The highest BCUT2D eigenvalue weighted by molar-refractivity contribution is 7.17. The molecule has 1 aromatic carbocycles. The van der Waals surface area contributed by atoms with E-state index in [2.05, 4.69) is 20.3 Å². The van der Waals surface area contributed by atoms with Crippen molar-refractivity contribution in [2.45, 2.75) is 13.8 Å². The molecule has 0 aliphatic carbocycles. The molecule has 4 aromatic rings. The summed E-state index contributed by atoms with van der Waals surface area (Å²) in [5.41, 5.74) is 1.94. The van der Waals surface area contributed by atoms with Crippen LogP contribution in [0.25, 0.3) is 16.0 Å². The van der Waals surface area contributed by atoms with E-state index in [1.54, 1.807) is 0 Å². The number of thiazole rings is 1. The standard InChI is InChI=1S/C16H13N5O2S/c1-8-9(2)24-16-17-7-10(14(23)21(8)16)13(22)20-15-18-11-5-3-4-6-12(11)19-15/h3-7H,1-2H3,(H2,18,19,20,22). The molecule has 0 aliphatic heterocycles. The number of benzene rings is 1. The van der Waals surface area contributed by atoms with Gasteiger partial charge in [-0.1, -0.05) is 12.1 Å². The molecular formula is C16H13N5O2S. The average Bonchev–Trinajstić information content (AvgIpc) is 3.08. The molecule has 4 rings (SSSR count). The number of carbonyl (C=O) groups is 1. The largest absolute Gasteiger partial charge is 0.324 e. The van der Waals surface area contributed by atoms with E-state index in [0.717, 1.165) is 21.6 Å². The lowest BCUT2D eigenvalue weighted by molar-refractivity contribution is 0.102. The number of nitrogens with one attached hydrogen (secondary N) is 2. The first-order valence-corrected chi connectivity index (χ1v) is 8.10. The Balaban J connectivity index is 1.74. The summed E-state index contributed by atoms with van der Waals surface area (Å²) in [5.74, 6) is -0.242. The maximum absolute atomic E-state index is 12.6. The van der Waals surface area contributed by atoms with Gasteiger partial charge in [0.15, 0.2) is 4.96 Å². The Bertz CT molecular complexity index is 1120. The highest BCUT2D eigenvalue weighted by Crippen LogP contribution is 2.18. The van der Waals surface area contributed by atoms with E-state index in [-0.39, 0.29) is 11.1 Å². The van der Waals surface area contributed by atoms with Crippen LogP contribution in [-0.4, -0.2) is 25.3 Å². The van der Waals surface area contributed by atoms with Crippen LogP contribution in [0, 0.1) is 13.8 Å². The summed E-state index contributed by atoms with van der Waals surface area (Å²) in [6.07, 6.45) is 1.31. The molecule has 0 atom stereocenters. The topological polar surface area (TPSA) is 92.2 Å². The number of anilines is 1. The van der Waals surface area contributed by atoms with Crippen molar-refractivity contribution < 1.29 is 4.79 Å².